The molecule has 1 atom stereocenters. The van der Waals surface area contributed by atoms with Crippen molar-refractivity contribution in [3.05, 3.63) is 90.3 Å². The van der Waals surface area contributed by atoms with Crippen molar-refractivity contribution in [2.24, 2.45) is 0 Å². The highest BCUT2D eigenvalue weighted by molar-refractivity contribution is 8.00. The second kappa shape index (κ2) is 10.3. The van der Waals surface area contributed by atoms with Gasteiger partial charge in [-0.2, -0.15) is 0 Å². The van der Waals surface area contributed by atoms with Crippen molar-refractivity contribution in [3.8, 4) is 28.1 Å². The first-order valence-electron chi connectivity index (χ1n) is 11.1. The summed E-state index contributed by atoms with van der Waals surface area (Å²) < 4.78 is 5.41. The Bertz CT molecular complexity index is 1470. The van der Waals surface area contributed by atoms with E-state index >= 15 is 0 Å². The molecule has 1 amide bonds. The minimum absolute atomic E-state index is 0.113. The smallest absolute Gasteiger partial charge is 0.239 e. The van der Waals surface area contributed by atoms with Gasteiger partial charge in [-0.25, -0.2) is 9.97 Å². The van der Waals surface area contributed by atoms with Crippen molar-refractivity contribution in [2.75, 3.05) is 12.4 Å². The monoisotopic (exact) mass is 497 g/mol. The Hall–Kier alpha value is -3.68. The molecule has 7 heteroatoms. The molecule has 5 nitrogen and oxygen atoms in total. The van der Waals surface area contributed by atoms with E-state index in [4.69, 9.17) is 9.72 Å². The van der Waals surface area contributed by atoms with Gasteiger partial charge in [-0.05, 0) is 36.2 Å². The highest BCUT2D eigenvalue weighted by Crippen LogP contribution is 2.35. The zero-order valence-corrected chi connectivity index (χ0v) is 20.9. The maximum Gasteiger partial charge on any atom is 0.239 e. The molecule has 0 saturated carbocycles. The molecule has 0 saturated heterocycles. The molecule has 2 aromatic heterocycles. The highest BCUT2D eigenvalue weighted by atomic mass is 32.2. The van der Waals surface area contributed by atoms with E-state index in [0.717, 1.165) is 44.1 Å². The molecule has 0 bridgehead atoms. The van der Waals surface area contributed by atoms with Crippen LogP contribution >= 0.6 is 23.1 Å². The molecular weight excluding hydrogens is 474 g/mol. The summed E-state index contributed by atoms with van der Waals surface area (Å²) in [6.07, 6.45) is 0. The van der Waals surface area contributed by atoms with E-state index in [0.29, 0.717) is 5.13 Å². The van der Waals surface area contributed by atoms with Gasteiger partial charge in [0, 0.05) is 22.4 Å². The van der Waals surface area contributed by atoms with Gasteiger partial charge in [-0.1, -0.05) is 72.4 Å². The van der Waals surface area contributed by atoms with E-state index in [1.165, 1.54) is 23.1 Å². The van der Waals surface area contributed by atoms with Gasteiger partial charge < -0.3 is 10.1 Å². The summed E-state index contributed by atoms with van der Waals surface area (Å²) >= 11 is 2.84. The van der Waals surface area contributed by atoms with Gasteiger partial charge in [0.2, 0.25) is 5.91 Å². The molecule has 0 aliphatic heterocycles. The number of thiazole rings is 1. The molecule has 5 aromatic rings. The lowest BCUT2D eigenvalue weighted by Crippen LogP contribution is -2.22. The third-order valence-electron chi connectivity index (χ3n) is 5.55. The molecular formula is C28H23N3O2S2. The Balaban J connectivity index is 1.38. The number of rotatable bonds is 7. The van der Waals surface area contributed by atoms with Crippen LogP contribution in [0.2, 0.25) is 0 Å². The Labute approximate surface area is 212 Å². The molecule has 174 valence electrons. The van der Waals surface area contributed by atoms with E-state index in [1.54, 1.807) is 7.11 Å². The topological polar surface area (TPSA) is 64.1 Å². The molecule has 3 aromatic carbocycles. The number of aromatic nitrogens is 2. The average Bonchev–Trinajstić information content (AvgIpc) is 3.37. The Morgan fingerprint density at radius 3 is 2.37 bits per heavy atom. The summed E-state index contributed by atoms with van der Waals surface area (Å²) in [6, 6.07) is 28.1. The quantitative estimate of drug-likeness (QED) is 0.242. The number of hydrogen-bond acceptors (Lipinski definition) is 6. The van der Waals surface area contributed by atoms with E-state index < -0.39 is 0 Å². The van der Waals surface area contributed by atoms with Crippen molar-refractivity contribution >= 4 is 45.0 Å². The molecule has 0 unspecified atom stereocenters. The lowest BCUT2D eigenvalue weighted by molar-refractivity contribution is -0.115. The number of anilines is 1. The SMILES string of the molecule is COc1ccc2c(-c3ccccc3)cc(S[C@@H](C)C(=O)Nc3nc(-c4ccccc4)cs3)nc2c1. The fourth-order valence-corrected chi connectivity index (χ4v) is 5.33. The molecule has 0 spiro atoms. The number of pyridine rings is 1. The van der Waals surface area contributed by atoms with Crippen LogP contribution in [-0.4, -0.2) is 28.2 Å². The zero-order chi connectivity index (χ0) is 24.2. The number of amides is 1. The molecule has 0 fully saturated rings. The van der Waals surface area contributed by atoms with Crippen LogP contribution in [0.1, 0.15) is 6.92 Å². The number of benzene rings is 3. The third-order valence-corrected chi connectivity index (χ3v) is 7.32. The summed E-state index contributed by atoms with van der Waals surface area (Å²) in [5, 5.41) is 6.94. The lowest BCUT2D eigenvalue weighted by Gasteiger charge is -2.14. The van der Waals surface area contributed by atoms with Gasteiger partial charge in [-0.15, -0.1) is 11.3 Å². The van der Waals surface area contributed by atoms with Crippen molar-refractivity contribution < 1.29 is 9.53 Å². The van der Waals surface area contributed by atoms with Crippen LogP contribution in [0.4, 0.5) is 5.13 Å². The first-order valence-corrected chi connectivity index (χ1v) is 12.9. The van der Waals surface area contributed by atoms with Gasteiger partial charge in [0.15, 0.2) is 5.13 Å². The maximum absolute atomic E-state index is 13.0. The number of fused-ring (bicyclic) bond motifs is 1. The van der Waals surface area contributed by atoms with Crippen LogP contribution in [0.5, 0.6) is 5.75 Å². The molecule has 5 rings (SSSR count). The second-order valence-corrected chi connectivity index (χ2v) is 10.1. The largest absolute Gasteiger partial charge is 0.497 e. The predicted molar refractivity (Wildman–Crippen MR) is 145 cm³/mol. The van der Waals surface area contributed by atoms with Gasteiger partial charge in [-0.3, -0.25) is 4.79 Å². The van der Waals surface area contributed by atoms with Gasteiger partial charge in [0.25, 0.3) is 0 Å². The standard InChI is InChI=1S/C28H23N3O2S2/c1-18(27(32)31-28-30-25(17-34-28)20-11-7-4-8-12-20)35-26-16-23(19-9-5-3-6-10-19)22-14-13-21(33-2)15-24(22)29-26/h3-18H,1-2H3,(H,30,31,32)/t18-/m0/s1. The third kappa shape index (κ3) is 5.21. The van der Waals surface area contributed by atoms with Gasteiger partial charge >= 0.3 is 0 Å². The van der Waals surface area contributed by atoms with E-state index in [2.05, 4.69) is 28.5 Å². The molecule has 35 heavy (non-hydrogen) atoms. The van der Waals surface area contributed by atoms with Crippen molar-refractivity contribution in [1.29, 1.82) is 0 Å². The summed E-state index contributed by atoms with van der Waals surface area (Å²) in [6.45, 7) is 1.88. The fourth-order valence-electron chi connectivity index (χ4n) is 3.74. The number of methoxy groups -OCH3 is 1. The van der Waals surface area contributed by atoms with Gasteiger partial charge in [0.1, 0.15) is 5.75 Å². The van der Waals surface area contributed by atoms with Crippen molar-refractivity contribution in [1.82, 2.24) is 9.97 Å². The van der Waals surface area contributed by atoms with Crippen LogP contribution in [0, 0.1) is 0 Å². The first kappa shape index (κ1) is 23.1. The molecule has 2 heterocycles. The van der Waals surface area contributed by atoms with E-state index in [9.17, 15) is 4.79 Å². The van der Waals surface area contributed by atoms with Crippen LogP contribution in [0.3, 0.4) is 0 Å². The summed E-state index contributed by atoms with van der Waals surface area (Å²) in [4.78, 5) is 22.4. The van der Waals surface area contributed by atoms with Gasteiger partial charge in [0.05, 0.1) is 28.6 Å². The van der Waals surface area contributed by atoms with Crippen LogP contribution in [-0.2, 0) is 4.79 Å². The highest BCUT2D eigenvalue weighted by Gasteiger charge is 2.19. The average molecular weight is 498 g/mol. The van der Waals surface area contributed by atoms with Crippen molar-refractivity contribution in [3.63, 3.8) is 0 Å². The first-order chi connectivity index (χ1) is 17.1. The number of nitrogens with zero attached hydrogens (tertiary/aromatic N) is 2. The van der Waals surface area contributed by atoms with Crippen LogP contribution in [0.15, 0.2) is 95.3 Å². The number of ether oxygens (including phenoxy) is 1. The molecule has 1 N–H and O–H groups in total. The fraction of sp³-hybridized carbons (Fsp3) is 0.107. The Morgan fingerprint density at radius 1 is 0.943 bits per heavy atom. The number of carbonyl (C=O) groups is 1. The minimum atomic E-state index is -0.363. The normalized spacial score (nSPS) is 11.8. The van der Waals surface area contributed by atoms with Crippen LogP contribution < -0.4 is 10.1 Å². The maximum atomic E-state index is 13.0. The minimum Gasteiger partial charge on any atom is -0.497 e. The van der Waals surface area contributed by atoms with Crippen molar-refractivity contribution in [2.45, 2.75) is 17.2 Å². The van der Waals surface area contributed by atoms with E-state index in [-0.39, 0.29) is 11.2 Å². The summed E-state index contributed by atoms with van der Waals surface area (Å²) in [5.41, 5.74) is 4.87. The lowest BCUT2D eigenvalue weighted by atomic mass is 10.0. The molecule has 0 aliphatic carbocycles. The molecule has 0 aliphatic rings. The zero-order valence-electron chi connectivity index (χ0n) is 19.3. The second-order valence-electron chi connectivity index (χ2n) is 7.91. The molecule has 0 radical (unpaired) electrons. The van der Waals surface area contributed by atoms with Crippen LogP contribution in [0.25, 0.3) is 33.3 Å². The summed E-state index contributed by atoms with van der Waals surface area (Å²) in [5.74, 6) is 0.632. The predicted octanol–water partition coefficient (Wildman–Crippen LogP) is 7.15. The Kier molecular flexibility index (Phi) is 6.79. The number of thioether (sulfide) groups is 1. The Morgan fingerprint density at radius 2 is 1.66 bits per heavy atom. The van der Waals surface area contributed by atoms with E-state index in [1.807, 2.05) is 79.0 Å². The number of nitrogens with one attached hydrogen (secondary N) is 1. The number of hydrogen-bond donors (Lipinski definition) is 1. The summed E-state index contributed by atoms with van der Waals surface area (Å²) in [7, 11) is 1.64. The number of carbonyl (C=O) groups excluding carboxylic acids is 1.